The lowest BCUT2D eigenvalue weighted by atomic mass is 10.1. The Morgan fingerprint density at radius 2 is 1.96 bits per heavy atom. The van der Waals surface area contributed by atoms with Crippen LogP contribution in [-0.2, 0) is 20.9 Å². The number of nitrogens with zero attached hydrogens (tertiary/aromatic N) is 2. The SMILES string of the molecule is C=CCn1c(C)cc(C(=O)COC(=O)CN2C(=O)NC(C)(C)C2=O)c1C. The molecule has 1 N–H and O–H groups in total. The number of carbonyl (C=O) groups excluding carboxylic acids is 4. The molecule has 0 spiro atoms. The van der Waals surface area contributed by atoms with Crippen molar-refractivity contribution in [1.82, 2.24) is 14.8 Å². The maximum absolute atomic E-state index is 12.3. The zero-order valence-electron chi connectivity index (χ0n) is 15.4. The lowest BCUT2D eigenvalue weighted by molar-refractivity contribution is -0.146. The van der Waals surface area contributed by atoms with Gasteiger partial charge in [-0.1, -0.05) is 6.08 Å². The molecule has 8 nitrogen and oxygen atoms in total. The van der Waals surface area contributed by atoms with Gasteiger partial charge in [-0.25, -0.2) is 4.79 Å². The number of esters is 1. The number of rotatable bonds is 7. The smallest absolute Gasteiger partial charge is 0.326 e. The number of urea groups is 1. The van der Waals surface area contributed by atoms with Gasteiger partial charge in [-0.2, -0.15) is 0 Å². The van der Waals surface area contributed by atoms with Crippen molar-refractivity contribution in [2.45, 2.75) is 39.8 Å². The van der Waals surface area contributed by atoms with Gasteiger partial charge in [0.2, 0.25) is 5.78 Å². The van der Waals surface area contributed by atoms with Gasteiger partial charge in [0.25, 0.3) is 5.91 Å². The molecule has 2 rings (SSSR count). The van der Waals surface area contributed by atoms with Crippen LogP contribution in [0.2, 0.25) is 0 Å². The highest BCUT2D eigenvalue weighted by atomic mass is 16.5. The van der Waals surface area contributed by atoms with Crippen molar-refractivity contribution < 1.29 is 23.9 Å². The second-order valence-corrected chi connectivity index (χ2v) is 6.71. The quantitative estimate of drug-likeness (QED) is 0.342. The second kappa shape index (κ2) is 7.15. The fraction of sp³-hybridized carbons (Fsp3) is 0.444. The maximum atomic E-state index is 12.3. The van der Waals surface area contributed by atoms with Gasteiger partial charge in [-0.15, -0.1) is 6.58 Å². The summed E-state index contributed by atoms with van der Waals surface area (Å²) in [6.07, 6.45) is 1.73. The van der Waals surface area contributed by atoms with Crippen LogP contribution >= 0.6 is 0 Å². The lowest BCUT2D eigenvalue weighted by Crippen LogP contribution is -2.41. The average molecular weight is 361 g/mol. The highest BCUT2D eigenvalue weighted by molar-refractivity contribution is 6.08. The molecule has 1 aliphatic heterocycles. The van der Waals surface area contributed by atoms with E-state index >= 15 is 0 Å². The Morgan fingerprint density at radius 3 is 2.50 bits per heavy atom. The molecule has 26 heavy (non-hydrogen) atoms. The van der Waals surface area contributed by atoms with Gasteiger partial charge in [0.1, 0.15) is 12.1 Å². The number of carbonyl (C=O) groups is 4. The lowest BCUT2D eigenvalue weighted by Gasteiger charge is -2.15. The Hall–Kier alpha value is -2.90. The fourth-order valence-electron chi connectivity index (χ4n) is 2.85. The highest BCUT2D eigenvalue weighted by Gasteiger charge is 2.45. The van der Waals surface area contributed by atoms with E-state index in [0.717, 1.165) is 16.3 Å². The third kappa shape index (κ3) is 3.68. The van der Waals surface area contributed by atoms with Crippen LogP contribution in [0.4, 0.5) is 4.79 Å². The molecule has 0 bridgehead atoms. The predicted octanol–water partition coefficient (Wildman–Crippen LogP) is 1.35. The Kier molecular flexibility index (Phi) is 5.34. The van der Waals surface area contributed by atoms with E-state index < -0.39 is 36.6 Å². The van der Waals surface area contributed by atoms with E-state index in [0.29, 0.717) is 12.1 Å². The van der Waals surface area contributed by atoms with E-state index in [1.807, 2.05) is 11.5 Å². The minimum atomic E-state index is -1.06. The summed E-state index contributed by atoms with van der Waals surface area (Å²) in [5, 5.41) is 2.47. The normalized spacial score (nSPS) is 15.8. The number of ether oxygens (including phenoxy) is 1. The van der Waals surface area contributed by atoms with Gasteiger partial charge in [-0.3, -0.25) is 19.3 Å². The second-order valence-electron chi connectivity index (χ2n) is 6.71. The van der Waals surface area contributed by atoms with Crippen LogP contribution in [0.1, 0.15) is 35.6 Å². The van der Waals surface area contributed by atoms with Crippen LogP contribution in [-0.4, -0.2) is 51.8 Å². The first-order valence-electron chi connectivity index (χ1n) is 8.19. The van der Waals surface area contributed by atoms with Crippen molar-refractivity contribution in [3.05, 3.63) is 35.7 Å². The predicted molar refractivity (Wildman–Crippen MR) is 93.7 cm³/mol. The zero-order chi connectivity index (χ0) is 19.6. The van der Waals surface area contributed by atoms with Gasteiger partial charge in [0.15, 0.2) is 6.61 Å². The molecule has 1 aromatic heterocycles. The molecule has 1 saturated heterocycles. The number of ketones is 1. The van der Waals surface area contributed by atoms with Crippen LogP contribution in [0, 0.1) is 13.8 Å². The third-order valence-corrected chi connectivity index (χ3v) is 4.28. The fourth-order valence-corrected chi connectivity index (χ4v) is 2.85. The molecule has 0 saturated carbocycles. The minimum Gasteiger partial charge on any atom is -0.456 e. The molecule has 0 aromatic carbocycles. The molecule has 140 valence electrons. The number of nitrogens with one attached hydrogen (secondary N) is 1. The number of hydrogen-bond donors (Lipinski definition) is 1. The summed E-state index contributed by atoms with van der Waals surface area (Å²) in [5.41, 5.74) is 1.07. The maximum Gasteiger partial charge on any atom is 0.326 e. The molecule has 0 atom stereocenters. The van der Waals surface area contributed by atoms with Crippen molar-refractivity contribution in [3.63, 3.8) is 0 Å². The van der Waals surface area contributed by atoms with Gasteiger partial charge >= 0.3 is 12.0 Å². The Bertz CT molecular complexity index is 791. The Balaban J connectivity index is 1.97. The largest absolute Gasteiger partial charge is 0.456 e. The topological polar surface area (TPSA) is 97.7 Å². The van der Waals surface area contributed by atoms with Crippen LogP contribution in [0.15, 0.2) is 18.7 Å². The summed E-state index contributed by atoms with van der Waals surface area (Å²) >= 11 is 0. The Labute approximate surface area is 151 Å². The molecule has 1 aliphatic rings. The molecular formula is C18H23N3O5. The van der Waals surface area contributed by atoms with Crippen molar-refractivity contribution in [2.24, 2.45) is 0 Å². The number of hydrogen-bond acceptors (Lipinski definition) is 5. The number of allylic oxidation sites excluding steroid dienone is 1. The van der Waals surface area contributed by atoms with Gasteiger partial charge in [0.05, 0.1) is 0 Å². The molecule has 1 aromatic rings. The average Bonchev–Trinajstić information content (AvgIpc) is 2.94. The molecular weight excluding hydrogens is 338 g/mol. The summed E-state index contributed by atoms with van der Waals surface area (Å²) in [4.78, 5) is 48.8. The van der Waals surface area contributed by atoms with Crippen LogP contribution in [0.5, 0.6) is 0 Å². The van der Waals surface area contributed by atoms with E-state index in [2.05, 4.69) is 11.9 Å². The number of aryl methyl sites for hydroxylation is 1. The number of aromatic nitrogens is 1. The monoisotopic (exact) mass is 361 g/mol. The molecule has 2 heterocycles. The molecule has 1 fully saturated rings. The Morgan fingerprint density at radius 1 is 1.31 bits per heavy atom. The van der Waals surface area contributed by atoms with Gasteiger partial charge < -0.3 is 14.6 Å². The van der Waals surface area contributed by atoms with Crippen molar-refractivity contribution in [3.8, 4) is 0 Å². The first kappa shape index (κ1) is 19.4. The van der Waals surface area contributed by atoms with E-state index in [1.54, 1.807) is 32.9 Å². The highest BCUT2D eigenvalue weighted by Crippen LogP contribution is 2.17. The first-order valence-corrected chi connectivity index (χ1v) is 8.19. The molecule has 0 radical (unpaired) electrons. The van der Waals surface area contributed by atoms with E-state index in [1.165, 1.54) is 0 Å². The standard InChI is InChI=1S/C18H23N3O5/c1-6-7-20-11(2)8-13(12(20)3)14(22)10-26-15(23)9-21-16(24)18(4,5)19-17(21)25/h6,8H,1,7,9-10H2,2-5H3,(H,19,25). The van der Waals surface area contributed by atoms with Crippen molar-refractivity contribution in [1.29, 1.82) is 0 Å². The van der Waals surface area contributed by atoms with E-state index in [9.17, 15) is 19.2 Å². The van der Waals surface area contributed by atoms with Crippen LogP contribution in [0.25, 0.3) is 0 Å². The summed E-state index contributed by atoms with van der Waals surface area (Å²) in [7, 11) is 0. The van der Waals surface area contributed by atoms with Gasteiger partial charge in [0, 0.05) is 23.5 Å². The van der Waals surface area contributed by atoms with E-state index in [4.69, 9.17) is 4.74 Å². The summed E-state index contributed by atoms with van der Waals surface area (Å²) < 4.78 is 6.89. The summed E-state index contributed by atoms with van der Waals surface area (Å²) in [6.45, 7) is 10.0. The molecule has 0 aliphatic carbocycles. The summed E-state index contributed by atoms with van der Waals surface area (Å²) in [6, 6.07) is 1.07. The first-order chi connectivity index (χ1) is 12.1. The number of Topliss-reactive ketones (excluding diaryl/α,β-unsaturated/α-hetero) is 1. The molecule has 3 amide bonds. The van der Waals surface area contributed by atoms with Crippen molar-refractivity contribution >= 4 is 23.7 Å². The summed E-state index contributed by atoms with van der Waals surface area (Å²) in [5.74, 6) is -1.68. The zero-order valence-corrected chi connectivity index (χ0v) is 15.4. The van der Waals surface area contributed by atoms with Gasteiger partial charge in [-0.05, 0) is 33.8 Å². The third-order valence-electron chi connectivity index (χ3n) is 4.28. The number of amides is 3. The molecule has 0 unspecified atom stereocenters. The molecule has 8 heteroatoms. The van der Waals surface area contributed by atoms with E-state index in [-0.39, 0.29) is 5.78 Å². The minimum absolute atomic E-state index is 0.348. The van der Waals surface area contributed by atoms with Crippen molar-refractivity contribution in [2.75, 3.05) is 13.2 Å². The van der Waals surface area contributed by atoms with Crippen LogP contribution < -0.4 is 5.32 Å². The number of imide groups is 1. The van der Waals surface area contributed by atoms with Crippen LogP contribution in [0.3, 0.4) is 0 Å².